The fraction of sp³-hybridized carbons (Fsp3) is 0.125. The first kappa shape index (κ1) is 11.0. The van der Waals surface area contributed by atoms with E-state index in [4.69, 9.17) is 5.11 Å². The molecule has 0 amide bonds. The zero-order chi connectivity index (χ0) is 10.9. The fourth-order valence-electron chi connectivity index (χ4n) is 0.861. The van der Waals surface area contributed by atoms with Gasteiger partial charge in [-0.2, -0.15) is 8.78 Å². The molecule has 0 saturated heterocycles. The summed E-state index contributed by atoms with van der Waals surface area (Å²) in [5.74, 6) is -7.86. The van der Waals surface area contributed by atoms with Crippen LogP contribution in [0.2, 0.25) is 0 Å². The van der Waals surface area contributed by atoms with Gasteiger partial charge >= 0.3 is 11.9 Å². The maximum Gasteiger partial charge on any atom is 0.379 e. The summed E-state index contributed by atoms with van der Waals surface area (Å²) in [7, 11) is 0. The normalized spacial score (nSPS) is 11.4. The highest BCUT2D eigenvalue weighted by Crippen LogP contribution is 2.32. The molecule has 0 aromatic heterocycles. The molecule has 0 aliphatic heterocycles. The van der Waals surface area contributed by atoms with E-state index < -0.39 is 23.3 Å². The highest BCUT2D eigenvalue weighted by molar-refractivity contribution is 9.10. The van der Waals surface area contributed by atoms with Crippen LogP contribution in [0.1, 0.15) is 5.56 Å². The lowest BCUT2D eigenvalue weighted by Crippen LogP contribution is -2.26. The number of carboxylic acid groups (broad SMARTS) is 1. The lowest BCUT2D eigenvalue weighted by atomic mass is 10.1. The van der Waals surface area contributed by atoms with Crippen molar-refractivity contribution in [1.29, 1.82) is 0 Å². The van der Waals surface area contributed by atoms with Gasteiger partial charge in [-0.25, -0.2) is 9.18 Å². The molecule has 1 rings (SSSR count). The lowest BCUT2D eigenvalue weighted by molar-refractivity contribution is -0.166. The molecule has 0 aliphatic carbocycles. The smallest absolute Gasteiger partial charge is 0.379 e. The monoisotopic (exact) mass is 268 g/mol. The van der Waals surface area contributed by atoms with Gasteiger partial charge in [-0.15, -0.1) is 0 Å². The van der Waals surface area contributed by atoms with Crippen LogP contribution in [-0.2, 0) is 10.7 Å². The molecule has 76 valence electrons. The van der Waals surface area contributed by atoms with Crippen LogP contribution in [0.15, 0.2) is 22.7 Å². The minimum atomic E-state index is -4.21. The van der Waals surface area contributed by atoms with Gasteiger partial charge in [0, 0.05) is 0 Å². The second kappa shape index (κ2) is 3.61. The number of hydrogen-bond acceptors (Lipinski definition) is 1. The largest absolute Gasteiger partial charge is 0.477 e. The average molecular weight is 269 g/mol. The number of hydrogen-bond donors (Lipinski definition) is 1. The molecule has 6 heteroatoms. The van der Waals surface area contributed by atoms with Crippen molar-refractivity contribution in [2.75, 3.05) is 0 Å². The Bertz CT molecular complexity index is 379. The number of aliphatic carboxylic acids is 1. The van der Waals surface area contributed by atoms with Crippen molar-refractivity contribution in [3.63, 3.8) is 0 Å². The Labute approximate surface area is 85.5 Å². The summed E-state index contributed by atoms with van der Waals surface area (Å²) in [5.41, 5.74) is -1.15. The van der Waals surface area contributed by atoms with Gasteiger partial charge in [-0.1, -0.05) is 6.07 Å². The first-order valence-electron chi connectivity index (χ1n) is 3.43. The predicted octanol–water partition coefficient (Wildman–Crippen LogP) is 2.76. The van der Waals surface area contributed by atoms with Crippen molar-refractivity contribution in [2.24, 2.45) is 0 Å². The summed E-state index contributed by atoms with van der Waals surface area (Å²) in [5, 5.41) is 8.18. The van der Waals surface area contributed by atoms with E-state index >= 15 is 0 Å². The van der Waals surface area contributed by atoms with Crippen molar-refractivity contribution >= 4 is 21.9 Å². The molecule has 0 spiro atoms. The van der Waals surface area contributed by atoms with Crippen LogP contribution in [0.4, 0.5) is 13.2 Å². The molecule has 2 nitrogen and oxygen atoms in total. The van der Waals surface area contributed by atoms with Crippen LogP contribution in [-0.4, -0.2) is 11.1 Å². The van der Waals surface area contributed by atoms with Crippen LogP contribution >= 0.6 is 15.9 Å². The van der Waals surface area contributed by atoms with Crippen LogP contribution in [0, 0.1) is 5.82 Å². The molecule has 0 aliphatic rings. The first-order chi connectivity index (χ1) is 6.37. The van der Waals surface area contributed by atoms with Gasteiger partial charge in [0.15, 0.2) is 0 Å². The van der Waals surface area contributed by atoms with E-state index in [9.17, 15) is 18.0 Å². The molecular formula is C8H4BrF3O2. The third kappa shape index (κ3) is 1.75. The van der Waals surface area contributed by atoms with E-state index in [1.165, 1.54) is 6.07 Å². The average Bonchev–Trinajstić information content (AvgIpc) is 2.09. The first-order valence-corrected chi connectivity index (χ1v) is 4.22. The summed E-state index contributed by atoms with van der Waals surface area (Å²) in [6.45, 7) is 0. The zero-order valence-electron chi connectivity index (χ0n) is 6.60. The summed E-state index contributed by atoms with van der Waals surface area (Å²) in [6, 6.07) is 3.07. The fourth-order valence-corrected chi connectivity index (χ4v) is 1.23. The van der Waals surface area contributed by atoms with Crippen molar-refractivity contribution in [3.05, 3.63) is 34.1 Å². The molecular weight excluding hydrogens is 265 g/mol. The number of alkyl halides is 2. The molecule has 1 aromatic rings. The molecule has 0 unspecified atom stereocenters. The summed E-state index contributed by atoms with van der Waals surface area (Å²) >= 11 is 2.69. The maximum atomic E-state index is 13.1. The Balaban J connectivity index is 3.33. The molecule has 1 aromatic carbocycles. The Morgan fingerprint density at radius 3 is 2.50 bits per heavy atom. The third-order valence-corrected chi connectivity index (χ3v) is 2.17. The third-order valence-electron chi connectivity index (χ3n) is 1.56. The van der Waals surface area contributed by atoms with Crippen LogP contribution in [0.25, 0.3) is 0 Å². The van der Waals surface area contributed by atoms with Gasteiger partial charge < -0.3 is 5.11 Å². The number of halogens is 4. The van der Waals surface area contributed by atoms with Crippen molar-refractivity contribution < 1.29 is 23.1 Å². The summed E-state index contributed by atoms with van der Waals surface area (Å²) < 4.78 is 38.6. The maximum absolute atomic E-state index is 13.1. The van der Waals surface area contributed by atoms with E-state index in [1.807, 2.05) is 0 Å². The summed E-state index contributed by atoms with van der Waals surface area (Å²) in [4.78, 5) is 10.2. The number of carboxylic acids is 1. The Morgan fingerprint density at radius 2 is 2.00 bits per heavy atom. The van der Waals surface area contributed by atoms with Crippen molar-refractivity contribution in [2.45, 2.75) is 5.92 Å². The molecule has 1 N–H and O–H groups in total. The van der Waals surface area contributed by atoms with Gasteiger partial charge in [-0.05, 0) is 28.1 Å². The quantitative estimate of drug-likeness (QED) is 0.896. The predicted molar refractivity (Wildman–Crippen MR) is 45.6 cm³/mol. The van der Waals surface area contributed by atoms with E-state index in [-0.39, 0.29) is 4.47 Å². The van der Waals surface area contributed by atoms with Gasteiger partial charge in [0.05, 0.1) is 10.0 Å². The Kier molecular flexibility index (Phi) is 2.84. The highest BCUT2D eigenvalue weighted by Gasteiger charge is 2.43. The molecule has 14 heavy (non-hydrogen) atoms. The van der Waals surface area contributed by atoms with E-state index in [2.05, 4.69) is 15.9 Å². The Hall–Kier alpha value is -1.04. The van der Waals surface area contributed by atoms with Gasteiger partial charge in [-0.3, -0.25) is 0 Å². The van der Waals surface area contributed by atoms with Gasteiger partial charge in [0.2, 0.25) is 0 Å². The zero-order valence-corrected chi connectivity index (χ0v) is 8.19. The minimum Gasteiger partial charge on any atom is -0.477 e. The van der Waals surface area contributed by atoms with Crippen molar-refractivity contribution in [1.82, 2.24) is 0 Å². The van der Waals surface area contributed by atoms with Crippen LogP contribution in [0.5, 0.6) is 0 Å². The molecule has 0 bridgehead atoms. The molecule has 0 fully saturated rings. The van der Waals surface area contributed by atoms with E-state index in [1.54, 1.807) is 0 Å². The lowest BCUT2D eigenvalue weighted by Gasteiger charge is -2.12. The number of carbonyl (C=O) groups is 1. The van der Waals surface area contributed by atoms with E-state index in [0.29, 0.717) is 0 Å². The molecule has 0 heterocycles. The standard InChI is InChI=1S/C8H4BrF3O2/c9-5-3-1-2-4(6(5)10)8(11,12)7(13)14/h1-3H,(H,13,14). The highest BCUT2D eigenvalue weighted by atomic mass is 79.9. The van der Waals surface area contributed by atoms with Crippen molar-refractivity contribution in [3.8, 4) is 0 Å². The number of rotatable bonds is 2. The Morgan fingerprint density at radius 1 is 1.43 bits per heavy atom. The topological polar surface area (TPSA) is 37.3 Å². The molecule has 0 atom stereocenters. The number of benzene rings is 1. The van der Waals surface area contributed by atoms with E-state index in [0.717, 1.165) is 12.1 Å². The summed E-state index contributed by atoms with van der Waals surface area (Å²) in [6.07, 6.45) is 0. The van der Waals surface area contributed by atoms with Crippen LogP contribution < -0.4 is 0 Å². The second-order valence-electron chi connectivity index (χ2n) is 2.48. The van der Waals surface area contributed by atoms with Crippen LogP contribution in [0.3, 0.4) is 0 Å². The molecule has 0 saturated carbocycles. The minimum absolute atomic E-state index is 0.198. The SMILES string of the molecule is O=C(O)C(F)(F)c1cccc(Br)c1F. The van der Waals surface area contributed by atoms with Gasteiger partial charge in [0.25, 0.3) is 0 Å². The molecule has 0 radical (unpaired) electrons. The second-order valence-corrected chi connectivity index (χ2v) is 3.34. The van der Waals surface area contributed by atoms with Gasteiger partial charge in [0.1, 0.15) is 5.82 Å².